The highest BCUT2D eigenvalue weighted by atomic mass is 32.2. The van der Waals surface area contributed by atoms with Crippen molar-refractivity contribution in [2.24, 2.45) is 5.14 Å². The molecule has 156 valence electrons. The summed E-state index contributed by atoms with van der Waals surface area (Å²) in [4.78, 5) is 26.1. The molecule has 3 heterocycles. The maximum Gasteiger partial charge on any atom is 0.305 e. The van der Waals surface area contributed by atoms with Crippen LogP contribution in [0.1, 0.15) is 11.3 Å². The third-order valence-electron chi connectivity index (χ3n) is 4.80. The number of aryl methyl sites for hydroxylation is 1. The van der Waals surface area contributed by atoms with Crippen molar-refractivity contribution < 1.29 is 13.2 Å². The van der Waals surface area contributed by atoms with Crippen molar-refractivity contribution in [1.82, 2.24) is 15.0 Å². The van der Waals surface area contributed by atoms with Crippen LogP contribution >= 0.6 is 0 Å². The van der Waals surface area contributed by atoms with Crippen molar-refractivity contribution in [2.75, 3.05) is 4.31 Å². The largest absolute Gasteiger partial charge is 0.305 e. The van der Waals surface area contributed by atoms with Crippen LogP contribution in [-0.2, 0) is 21.4 Å². The van der Waals surface area contributed by atoms with Crippen LogP contribution < -0.4 is 9.44 Å². The van der Waals surface area contributed by atoms with Crippen LogP contribution in [-0.4, -0.2) is 29.3 Å². The summed E-state index contributed by atoms with van der Waals surface area (Å²) >= 11 is 0. The SMILES string of the molecule is Cc1cnccc1-c1cc2cnccc2c(CC(=O)N(c2ccccc2)S(N)(=O)=O)n1. The van der Waals surface area contributed by atoms with Crippen LogP contribution in [0.25, 0.3) is 22.0 Å². The molecule has 0 spiro atoms. The number of pyridine rings is 3. The first-order valence-corrected chi connectivity index (χ1v) is 10.9. The summed E-state index contributed by atoms with van der Waals surface area (Å²) < 4.78 is 25.0. The molecule has 0 aliphatic heterocycles. The van der Waals surface area contributed by atoms with Crippen LogP contribution in [0.4, 0.5) is 5.69 Å². The van der Waals surface area contributed by atoms with E-state index in [4.69, 9.17) is 10.1 Å². The van der Waals surface area contributed by atoms with Gasteiger partial charge in [-0.15, -0.1) is 0 Å². The molecule has 31 heavy (non-hydrogen) atoms. The van der Waals surface area contributed by atoms with E-state index >= 15 is 0 Å². The summed E-state index contributed by atoms with van der Waals surface area (Å²) in [6.45, 7) is 1.92. The molecule has 0 unspecified atom stereocenters. The number of amides is 1. The summed E-state index contributed by atoms with van der Waals surface area (Å²) in [5, 5.41) is 6.85. The second-order valence-electron chi connectivity index (χ2n) is 6.96. The van der Waals surface area contributed by atoms with Gasteiger partial charge in [0.25, 0.3) is 0 Å². The second-order valence-corrected chi connectivity index (χ2v) is 8.35. The molecule has 9 heteroatoms. The van der Waals surface area contributed by atoms with E-state index in [0.29, 0.717) is 21.1 Å². The number of nitrogens with zero attached hydrogens (tertiary/aromatic N) is 4. The van der Waals surface area contributed by atoms with Gasteiger partial charge in [0.1, 0.15) is 0 Å². The van der Waals surface area contributed by atoms with Crippen molar-refractivity contribution >= 4 is 32.6 Å². The molecule has 0 radical (unpaired) electrons. The van der Waals surface area contributed by atoms with Crippen LogP contribution in [0.2, 0.25) is 0 Å². The van der Waals surface area contributed by atoms with E-state index < -0.39 is 16.1 Å². The Labute approximate surface area is 179 Å². The van der Waals surface area contributed by atoms with Gasteiger partial charge in [-0.05, 0) is 42.8 Å². The van der Waals surface area contributed by atoms with Crippen LogP contribution in [0, 0.1) is 6.92 Å². The summed E-state index contributed by atoms with van der Waals surface area (Å²) in [5.41, 5.74) is 3.03. The molecular formula is C22H19N5O3S. The molecule has 4 aromatic rings. The predicted molar refractivity (Wildman–Crippen MR) is 118 cm³/mol. The van der Waals surface area contributed by atoms with Gasteiger partial charge in [-0.2, -0.15) is 12.7 Å². The lowest BCUT2D eigenvalue weighted by Gasteiger charge is -2.20. The van der Waals surface area contributed by atoms with E-state index in [-0.39, 0.29) is 12.1 Å². The molecule has 0 bridgehead atoms. The number of carbonyl (C=O) groups is 1. The Bertz CT molecular complexity index is 1370. The zero-order chi connectivity index (χ0) is 22.0. The Morgan fingerprint density at radius 2 is 1.74 bits per heavy atom. The Morgan fingerprint density at radius 1 is 1.03 bits per heavy atom. The molecular weight excluding hydrogens is 414 g/mol. The minimum absolute atomic E-state index is 0.169. The number of aromatic nitrogens is 3. The maximum atomic E-state index is 13.1. The maximum absolute atomic E-state index is 13.1. The number of rotatable bonds is 5. The summed E-state index contributed by atoms with van der Waals surface area (Å²) in [7, 11) is -4.32. The lowest BCUT2D eigenvalue weighted by Crippen LogP contribution is -2.42. The zero-order valence-corrected chi connectivity index (χ0v) is 17.5. The average Bonchev–Trinajstić information content (AvgIpc) is 2.74. The van der Waals surface area contributed by atoms with Gasteiger partial charge < -0.3 is 0 Å². The Morgan fingerprint density at radius 3 is 2.45 bits per heavy atom. The van der Waals surface area contributed by atoms with Gasteiger partial charge >= 0.3 is 10.2 Å². The molecule has 0 aliphatic carbocycles. The quantitative estimate of drug-likeness (QED) is 0.517. The van der Waals surface area contributed by atoms with Crippen LogP contribution in [0.5, 0.6) is 0 Å². The fraction of sp³-hybridized carbons (Fsp3) is 0.0909. The average molecular weight is 433 g/mol. The van der Waals surface area contributed by atoms with Gasteiger partial charge in [0.05, 0.1) is 23.5 Å². The lowest BCUT2D eigenvalue weighted by atomic mass is 10.0. The number of para-hydroxylation sites is 1. The van der Waals surface area contributed by atoms with E-state index in [1.807, 2.05) is 19.1 Å². The first-order valence-electron chi connectivity index (χ1n) is 9.40. The van der Waals surface area contributed by atoms with Gasteiger partial charge in [0.15, 0.2) is 0 Å². The Balaban J connectivity index is 1.82. The van der Waals surface area contributed by atoms with E-state index in [9.17, 15) is 13.2 Å². The van der Waals surface area contributed by atoms with Gasteiger partial charge in [0, 0.05) is 41.1 Å². The fourth-order valence-electron chi connectivity index (χ4n) is 3.41. The van der Waals surface area contributed by atoms with E-state index in [1.54, 1.807) is 49.1 Å². The summed E-state index contributed by atoms with van der Waals surface area (Å²) in [6, 6.07) is 13.5. The van der Waals surface area contributed by atoms with Gasteiger partial charge in [-0.1, -0.05) is 18.2 Å². The highest BCUT2D eigenvalue weighted by Crippen LogP contribution is 2.27. The molecule has 1 aromatic carbocycles. The Hall–Kier alpha value is -3.69. The van der Waals surface area contributed by atoms with E-state index in [1.165, 1.54) is 12.1 Å². The molecule has 8 nitrogen and oxygen atoms in total. The molecule has 4 rings (SSSR count). The second kappa shape index (κ2) is 8.21. The van der Waals surface area contributed by atoms with Gasteiger partial charge in [-0.25, -0.2) is 5.14 Å². The highest BCUT2D eigenvalue weighted by Gasteiger charge is 2.27. The molecule has 2 N–H and O–H groups in total. The van der Waals surface area contributed by atoms with Gasteiger partial charge in [0.2, 0.25) is 5.91 Å². The molecule has 0 saturated carbocycles. The number of carbonyl (C=O) groups excluding carboxylic acids is 1. The molecule has 1 amide bonds. The Kier molecular flexibility index (Phi) is 5.45. The van der Waals surface area contributed by atoms with E-state index in [2.05, 4.69) is 9.97 Å². The molecule has 0 atom stereocenters. The fourth-order valence-corrected chi connectivity index (χ4v) is 4.18. The molecule has 0 aliphatic rings. The third kappa shape index (κ3) is 4.27. The van der Waals surface area contributed by atoms with Crippen LogP contribution in [0.15, 0.2) is 73.3 Å². The number of benzene rings is 1. The molecule has 0 saturated heterocycles. The number of anilines is 1. The van der Waals surface area contributed by atoms with Crippen LogP contribution in [0.3, 0.4) is 0 Å². The molecule has 3 aromatic heterocycles. The number of fused-ring (bicyclic) bond motifs is 1. The normalized spacial score (nSPS) is 11.4. The monoisotopic (exact) mass is 433 g/mol. The smallest absolute Gasteiger partial charge is 0.273 e. The van der Waals surface area contributed by atoms with Crippen molar-refractivity contribution in [3.8, 4) is 11.3 Å². The minimum atomic E-state index is -4.32. The molecule has 0 fully saturated rings. The number of hydrogen-bond donors (Lipinski definition) is 1. The topological polar surface area (TPSA) is 119 Å². The standard InChI is InChI=1S/C22H19N5O3S/c1-15-13-24-9-7-18(15)20-11-16-14-25-10-8-19(16)21(26-20)12-22(28)27(31(23,29)30)17-5-3-2-4-6-17/h2-11,13-14H,12H2,1H3,(H2,23,29,30). The first-order chi connectivity index (χ1) is 14.8. The summed E-state index contributed by atoms with van der Waals surface area (Å²) in [6.07, 6.45) is 6.42. The third-order valence-corrected chi connectivity index (χ3v) is 5.72. The van der Waals surface area contributed by atoms with Crippen molar-refractivity contribution in [2.45, 2.75) is 13.3 Å². The minimum Gasteiger partial charge on any atom is -0.273 e. The van der Waals surface area contributed by atoms with Crippen molar-refractivity contribution in [1.29, 1.82) is 0 Å². The number of hydrogen-bond acceptors (Lipinski definition) is 6. The first kappa shape index (κ1) is 20.6. The predicted octanol–water partition coefficient (Wildman–Crippen LogP) is 2.78. The van der Waals surface area contributed by atoms with Crippen molar-refractivity contribution in [3.05, 3.63) is 84.6 Å². The van der Waals surface area contributed by atoms with Crippen molar-refractivity contribution in [3.63, 3.8) is 0 Å². The lowest BCUT2D eigenvalue weighted by molar-refractivity contribution is -0.116. The summed E-state index contributed by atoms with van der Waals surface area (Å²) in [5.74, 6) is -0.706. The van der Waals surface area contributed by atoms with Gasteiger partial charge in [-0.3, -0.25) is 19.7 Å². The zero-order valence-electron chi connectivity index (χ0n) is 16.6. The van der Waals surface area contributed by atoms with E-state index in [0.717, 1.165) is 16.5 Å². The number of nitrogens with two attached hydrogens (primary N) is 1. The highest BCUT2D eigenvalue weighted by molar-refractivity contribution is 7.91.